The monoisotopic (exact) mass is 243 g/mol. The van der Waals surface area contributed by atoms with Crippen LogP contribution in [0.3, 0.4) is 0 Å². The van der Waals surface area contributed by atoms with Gasteiger partial charge in [0, 0.05) is 24.4 Å². The molecule has 0 spiro atoms. The van der Waals surface area contributed by atoms with Gasteiger partial charge in [-0.2, -0.15) is 0 Å². The Kier molecular flexibility index (Phi) is 5.08. The molecule has 0 aliphatic heterocycles. The fourth-order valence-corrected chi connectivity index (χ4v) is 2.31. The summed E-state index contributed by atoms with van der Waals surface area (Å²) in [6.07, 6.45) is 0. The summed E-state index contributed by atoms with van der Waals surface area (Å²) in [5.74, 6) is 1.47. The van der Waals surface area contributed by atoms with Gasteiger partial charge in [-0.1, -0.05) is 25.6 Å². The molecule has 0 saturated heterocycles. The Hall–Kier alpha value is -0.750. The average molecular weight is 243 g/mol. The number of anilines is 1. The molecule has 0 aliphatic rings. The smallest absolute Gasteiger partial charge is 0.222 e. The van der Waals surface area contributed by atoms with Crippen molar-refractivity contribution in [3.63, 3.8) is 0 Å². The second-order valence-electron chi connectivity index (χ2n) is 4.26. The number of nitrogen functional groups attached to an aromatic ring is 1. The van der Waals surface area contributed by atoms with Gasteiger partial charge in [0.1, 0.15) is 0 Å². The predicted octanol–water partition coefficient (Wildman–Crippen LogP) is 1.53. The van der Waals surface area contributed by atoms with E-state index in [2.05, 4.69) is 43.2 Å². The molecule has 0 unspecified atom stereocenters. The number of aromatic nitrogens is 3. The molecule has 0 bridgehead atoms. The van der Waals surface area contributed by atoms with Gasteiger partial charge < -0.3 is 11.1 Å². The maximum atomic E-state index is 5.76. The van der Waals surface area contributed by atoms with Crippen molar-refractivity contribution in [2.24, 2.45) is 0 Å². The summed E-state index contributed by atoms with van der Waals surface area (Å²) in [5.41, 5.74) is 5.76. The second-order valence-corrected chi connectivity index (χ2v) is 5.32. The van der Waals surface area contributed by atoms with Crippen molar-refractivity contribution < 1.29 is 0 Å². The maximum absolute atomic E-state index is 5.76. The van der Waals surface area contributed by atoms with Crippen molar-refractivity contribution in [2.75, 3.05) is 18.0 Å². The maximum Gasteiger partial charge on any atom is 0.222 e. The van der Waals surface area contributed by atoms with Gasteiger partial charge in [0.25, 0.3) is 0 Å². The number of nitrogens with two attached hydrogens (primary N) is 1. The van der Waals surface area contributed by atoms with Gasteiger partial charge in [0.05, 0.1) is 0 Å². The summed E-state index contributed by atoms with van der Waals surface area (Å²) in [4.78, 5) is 0. The fraction of sp³-hybridized carbons (Fsp3) is 0.800. The van der Waals surface area contributed by atoms with E-state index in [4.69, 9.17) is 5.73 Å². The highest BCUT2D eigenvalue weighted by Gasteiger charge is 2.12. The van der Waals surface area contributed by atoms with Crippen molar-refractivity contribution >= 4 is 17.7 Å². The molecular weight excluding hydrogens is 222 g/mol. The first kappa shape index (κ1) is 13.3. The van der Waals surface area contributed by atoms with Crippen LogP contribution in [-0.4, -0.2) is 33.1 Å². The molecule has 0 aromatic carbocycles. The van der Waals surface area contributed by atoms with E-state index >= 15 is 0 Å². The Morgan fingerprint density at radius 3 is 2.56 bits per heavy atom. The molecule has 0 atom stereocenters. The summed E-state index contributed by atoms with van der Waals surface area (Å²) in [7, 11) is 0. The zero-order chi connectivity index (χ0) is 12.1. The third kappa shape index (κ3) is 3.68. The van der Waals surface area contributed by atoms with Crippen LogP contribution >= 0.6 is 11.8 Å². The Morgan fingerprint density at radius 2 is 2.00 bits per heavy atom. The highest BCUT2D eigenvalue weighted by atomic mass is 32.2. The predicted molar refractivity (Wildman–Crippen MR) is 68.7 cm³/mol. The first-order valence-corrected chi connectivity index (χ1v) is 6.57. The Bertz CT molecular complexity index is 321. The van der Waals surface area contributed by atoms with Crippen LogP contribution in [0.15, 0.2) is 5.16 Å². The van der Waals surface area contributed by atoms with E-state index in [0.29, 0.717) is 18.0 Å². The van der Waals surface area contributed by atoms with Gasteiger partial charge in [0.2, 0.25) is 5.95 Å². The molecule has 1 aromatic heterocycles. The van der Waals surface area contributed by atoms with Crippen molar-refractivity contribution in [3.8, 4) is 0 Å². The molecular formula is C10H21N5S. The minimum absolute atomic E-state index is 0.301. The van der Waals surface area contributed by atoms with Crippen LogP contribution in [0.2, 0.25) is 0 Å². The minimum Gasteiger partial charge on any atom is -0.368 e. The molecule has 5 nitrogen and oxygen atoms in total. The molecule has 6 heteroatoms. The average Bonchev–Trinajstić information content (AvgIpc) is 2.54. The third-order valence-electron chi connectivity index (χ3n) is 2.09. The Labute approximate surface area is 101 Å². The molecule has 0 fully saturated rings. The standard InChI is InChI=1S/C10H21N5S/c1-7(2)12-5-6-16-10-14-13-9(11)15(10)8(3)4/h7-8,12H,5-6H2,1-4H3,(H2,11,13). The number of nitrogens with zero attached hydrogens (tertiary/aromatic N) is 3. The summed E-state index contributed by atoms with van der Waals surface area (Å²) in [5, 5.41) is 12.2. The van der Waals surface area contributed by atoms with Crippen LogP contribution in [-0.2, 0) is 0 Å². The first-order chi connectivity index (χ1) is 7.52. The summed E-state index contributed by atoms with van der Waals surface area (Å²) >= 11 is 1.69. The SMILES string of the molecule is CC(C)NCCSc1nnc(N)n1C(C)C. The lowest BCUT2D eigenvalue weighted by Crippen LogP contribution is -2.25. The molecule has 16 heavy (non-hydrogen) atoms. The molecule has 0 amide bonds. The molecule has 1 aromatic rings. The third-order valence-corrected chi connectivity index (χ3v) is 3.04. The van der Waals surface area contributed by atoms with E-state index < -0.39 is 0 Å². The van der Waals surface area contributed by atoms with Crippen molar-refractivity contribution in [1.82, 2.24) is 20.1 Å². The van der Waals surface area contributed by atoms with E-state index in [1.807, 2.05) is 4.57 Å². The van der Waals surface area contributed by atoms with Crippen LogP contribution in [0.1, 0.15) is 33.7 Å². The summed E-state index contributed by atoms with van der Waals surface area (Å²) in [6.45, 7) is 9.40. The van der Waals surface area contributed by atoms with Crippen LogP contribution in [0, 0.1) is 0 Å². The lowest BCUT2D eigenvalue weighted by atomic mass is 10.4. The first-order valence-electron chi connectivity index (χ1n) is 5.59. The van der Waals surface area contributed by atoms with Crippen LogP contribution in [0.25, 0.3) is 0 Å². The van der Waals surface area contributed by atoms with Gasteiger partial charge in [0.15, 0.2) is 5.16 Å². The second kappa shape index (κ2) is 6.10. The van der Waals surface area contributed by atoms with E-state index in [-0.39, 0.29) is 0 Å². The topological polar surface area (TPSA) is 68.8 Å². The van der Waals surface area contributed by atoms with Crippen LogP contribution < -0.4 is 11.1 Å². The summed E-state index contributed by atoms with van der Waals surface area (Å²) < 4.78 is 1.96. The molecule has 92 valence electrons. The zero-order valence-corrected chi connectivity index (χ0v) is 11.2. The van der Waals surface area contributed by atoms with E-state index in [0.717, 1.165) is 17.5 Å². The van der Waals surface area contributed by atoms with Crippen LogP contribution in [0.5, 0.6) is 0 Å². The van der Waals surface area contributed by atoms with Gasteiger partial charge >= 0.3 is 0 Å². The zero-order valence-electron chi connectivity index (χ0n) is 10.4. The van der Waals surface area contributed by atoms with Crippen molar-refractivity contribution in [3.05, 3.63) is 0 Å². The van der Waals surface area contributed by atoms with Gasteiger partial charge in [-0.15, -0.1) is 10.2 Å². The minimum atomic E-state index is 0.301. The number of hydrogen-bond acceptors (Lipinski definition) is 5. The van der Waals surface area contributed by atoms with Gasteiger partial charge in [-0.25, -0.2) is 0 Å². The van der Waals surface area contributed by atoms with E-state index in [1.165, 1.54) is 0 Å². The molecule has 1 heterocycles. The Morgan fingerprint density at radius 1 is 1.31 bits per heavy atom. The molecule has 3 N–H and O–H groups in total. The van der Waals surface area contributed by atoms with Crippen molar-refractivity contribution in [1.29, 1.82) is 0 Å². The van der Waals surface area contributed by atoms with E-state index in [9.17, 15) is 0 Å². The highest BCUT2D eigenvalue weighted by Crippen LogP contribution is 2.21. The summed E-state index contributed by atoms with van der Waals surface area (Å²) in [6, 6.07) is 0.823. The Balaban J connectivity index is 2.48. The van der Waals surface area contributed by atoms with Crippen LogP contribution in [0.4, 0.5) is 5.95 Å². The molecule has 1 rings (SSSR count). The quantitative estimate of drug-likeness (QED) is 0.586. The molecule has 0 saturated carbocycles. The molecule has 0 aliphatic carbocycles. The number of hydrogen-bond donors (Lipinski definition) is 2. The fourth-order valence-electron chi connectivity index (χ4n) is 1.36. The number of thioether (sulfide) groups is 1. The number of rotatable bonds is 6. The lowest BCUT2D eigenvalue weighted by Gasteiger charge is -2.11. The largest absolute Gasteiger partial charge is 0.368 e. The van der Waals surface area contributed by atoms with E-state index in [1.54, 1.807) is 11.8 Å². The molecule has 0 radical (unpaired) electrons. The lowest BCUT2D eigenvalue weighted by molar-refractivity contribution is 0.556. The normalized spacial score (nSPS) is 11.6. The number of nitrogens with one attached hydrogen (secondary N) is 1. The van der Waals surface area contributed by atoms with Crippen molar-refractivity contribution in [2.45, 2.75) is 44.9 Å². The van der Waals surface area contributed by atoms with Gasteiger partial charge in [-0.3, -0.25) is 4.57 Å². The van der Waals surface area contributed by atoms with Gasteiger partial charge in [-0.05, 0) is 13.8 Å². The highest BCUT2D eigenvalue weighted by molar-refractivity contribution is 7.99.